The molecular formula is C16H21N3O5S. The monoisotopic (exact) mass is 367 g/mol. The van der Waals surface area contributed by atoms with Gasteiger partial charge in [0.15, 0.2) is 5.82 Å². The van der Waals surface area contributed by atoms with Crippen molar-refractivity contribution in [2.24, 2.45) is 0 Å². The van der Waals surface area contributed by atoms with E-state index in [0.29, 0.717) is 18.8 Å². The van der Waals surface area contributed by atoms with Crippen LogP contribution >= 0.6 is 0 Å². The average Bonchev–Trinajstić information content (AvgIpc) is 2.96. The molecule has 0 radical (unpaired) electrons. The van der Waals surface area contributed by atoms with Crippen molar-refractivity contribution in [1.82, 2.24) is 10.5 Å². The quantitative estimate of drug-likeness (QED) is 0.619. The van der Waals surface area contributed by atoms with E-state index in [0.717, 1.165) is 5.75 Å². The van der Waals surface area contributed by atoms with E-state index < -0.39 is 10.0 Å². The molecule has 1 aromatic carbocycles. The molecule has 8 nitrogen and oxygen atoms in total. The Morgan fingerprint density at radius 3 is 2.72 bits per heavy atom. The Morgan fingerprint density at radius 2 is 2.04 bits per heavy atom. The van der Waals surface area contributed by atoms with E-state index in [1.165, 1.54) is 6.07 Å². The zero-order valence-corrected chi connectivity index (χ0v) is 14.7. The molecule has 0 bridgehead atoms. The van der Waals surface area contributed by atoms with Crippen LogP contribution in [0.25, 0.3) is 0 Å². The molecule has 1 aromatic heterocycles. The van der Waals surface area contributed by atoms with Crippen LogP contribution in [0, 0.1) is 6.92 Å². The Bertz CT molecular complexity index is 774. The van der Waals surface area contributed by atoms with Crippen molar-refractivity contribution in [2.45, 2.75) is 19.8 Å². The molecule has 0 saturated heterocycles. The van der Waals surface area contributed by atoms with Gasteiger partial charge in [-0.2, -0.15) is 0 Å². The SMILES string of the molecule is Cc1cc(NS(=O)(=O)CCNC(=O)CCCOc2ccccc2)no1. The smallest absolute Gasteiger partial charge is 0.235 e. The molecule has 2 rings (SSSR count). The summed E-state index contributed by atoms with van der Waals surface area (Å²) in [6.07, 6.45) is 0.812. The summed E-state index contributed by atoms with van der Waals surface area (Å²) in [5.41, 5.74) is 0. The number of nitrogens with zero attached hydrogens (tertiary/aromatic N) is 1. The van der Waals surface area contributed by atoms with Gasteiger partial charge in [-0.1, -0.05) is 23.4 Å². The Hall–Kier alpha value is -2.55. The highest BCUT2D eigenvalue weighted by Gasteiger charge is 2.13. The second-order valence-corrected chi connectivity index (χ2v) is 7.20. The first-order valence-electron chi connectivity index (χ1n) is 7.83. The Morgan fingerprint density at radius 1 is 1.28 bits per heavy atom. The molecule has 2 aromatic rings. The zero-order valence-electron chi connectivity index (χ0n) is 13.9. The van der Waals surface area contributed by atoms with Crippen molar-refractivity contribution >= 4 is 21.7 Å². The molecule has 0 aliphatic carbocycles. The standard InChI is InChI=1S/C16H21N3O5S/c1-13-12-15(18-24-13)19-25(21,22)11-9-17-16(20)8-5-10-23-14-6-3-2-4-7-14/h2-4,6-7,12H,5,8-11H2,1H3,(H,17,20)(H,18,19). The number of ether oxygens (including phenoxy) is 1. The first kappa shape index (κ1) is 18.8. The number of hydrogen-bond donors (Lipinski definition) is 2. The number of carbonyl (C=O) groups excluding carboxylic acids is 1. The van der Waals surface area contributed by atoms with Crippen LogP contribution in [0.4, 0.5) is 5.82 Å². The van der Waals surface area contributed by atoms with Gasteiger partial charge in [0.1, 0.15) is 11.5 Å². The van der Waals surface area contributed by atoms with E-state index in [1.54, 1.807) is 6.92 Å². The molecule has 0 saturated carbocycles. The number of hydrogen-bond acceptors (Lipinski definition) is 6. The van der Waals surface area contributed by atoms with Crippen molar-refractivity contribution in [3.8, 4) is 5.75 Å². The van der Waals surface area contributed by atoms with Gasteiger partial charge < -0.3 is 14.6 Å². The maximum Gasteiger partial charge on any atom is 0.235 e. The average molecular weight is 367 g/mol. The van der Waals surface area contributed by atoms with E-state index in [4.69, 9.17) is 9.26 Å². The first-order valence-corrected chi connectivity index (χ1v) is 9.48. The fourth-order valence-electron chi connectivity index (χ4n) is 1.98. The van der Waals surface area contributed by atoms with Gasteiger partial charge in [0.25, 0.3) is 0 Å². The van der Waals surface area contributed by atoms with Gasteiger partial charge in [0.2, 0.25) is 15.9 Å². The van der Waals surface area contributed by atoms with Gasteiger partial charge in [-0.25, -0.2) is 8.42 Å². The molecule has 0 aliphatic heterocycles. The lowest BCUT2D eigenvalue weighted by Gasteiger charge is -2.08. The van der Waals surface area contributed by atoms with Gasteiger partial charge in [-0.3, -0.25) is 9.52 Å². The lowest BCUT2D eigenvalue weighted by molar-refractivity contribution is -0.121. The van der Waals surface area contributed by atoms with E-state index in [1.807, 2.05) is 30.3 Å². The molecule has 1 amide bonds. The third-order valence-electron chi connectivity index (χ3n) is 3.14. The number of amides is 1. The second kappa shape index (κ2) is 9.07. The molecule has 136 valence electrons. The molecule has 0 aliphatic rings. The molecule has 0 fully saturated rings. The number of benzene rings is 1. The summed E-state index contributed by atoms with van der Waals surface area (Å²) in [6, 6.07) is 10.8. The maximum atomic E-state index is 11.8. The highest BCUT2D eigenvalue weighted by atomic mass is 32.2. The predicted molar refractivity (Wildman–Crippen MR) is 92.8 cm³/mol. The van der Waals surface area contributed by atoms with Crippen LogP contribution in [0.15, 0.2) is 40.9 Å². The minimum Gasteiger partial charge on any atom is -0.494 e. The van der Waals surface area contributed by atoms with Crippen molar-refractivity contribution < 1.29 is 22.5 Å². The van der Waals surface area contributed by atoms with Crippen LogP contribution in [0.1, 0.15) is 18.6 Å². The summed E-state index contributed by atoms with van der Waals surface area (Å²) in [7, 11) is -3.59. The van der Waals surface area contributed by atoms with E-state index >= 15 is 0 Å². The van der Waals surface area contributed by atoms with Crippen LogP contribution in [0.5, 0.6) is 5.75 Å². The summed E-state index contributed by atoms with van der Waals surface area (Å²) in [5.74, 6) is 0.920. The van der Waals surface area contributed by atoms with Crippen LogP contribution in [0.2, 0.25) is 0 Å². The number of aromatic nitrogens is 1. The van der Waals surface area contributed by atoms with Gasteiger partial charge in [0.05, 0.1) is 12.4 Å². The number of aryl methyl sites for hydroxylation is 1. The number of sulfonamides is 1. The summed E-state index contributed by atoms with van der Waals surface area (Å²) in [6.45, 7) is 2.10. The highest BCUT2D eigenvalue weighted by molar-refractivity contribution is 7.92. The van der Waals surface area contributed by atoms with Crippen molar-refractivity contribution in [1.29, 1.82) is 0 Å². The Labute approximate surface area is 146 Å². The maximum absolute atomic E-state index is 11.8. The minimum absolute atomic E-state index is 0.0184. The van der Waals surface area contributed by atoms with E-state index in [-0.39, 0.29) is 30.4 Å². The molecule has 25 heavy (non-hydrogen) atoms. The van der Waals surface area contributed by atoms with Gasteiger partial charge in [-0.15, -0.1) is 0 Å². The number of anilines is 1. The normalized spacial score (nSPS) is 11.1. The van der Waals surface area contributed by atoms with Crippen molar-refractivity contribution in [3.05, 3.63) is 42.2 Å². The summed E-state index contributed by atoms with van der Waals surface area (Å²) >= 11 is 0. The minimum atomic E-state index is -3.59. The fraction of sp³-hybridized carbons (Fsp3) is 0.375. The highest BCUT2D eigenvalue weighted by Crippen LogP contribution is 2.09. The van der Waals surface area contributed by atoms with Gasteiger partial charge >= 0.3 is 0 Å². The number of para-hydroxylation sites is 1. The van der Waals surface area contributed by atoms with Crippen LogP contribution in [0.3, 0.4) is 0 Å². The second-order valence-electron chi connectivity index (χ2n) is 5.36. The molecule has 2 N–H and O–H groups in total. The van der Waals surface area contributed by atoms with Crippen LogP contribution in [-0.2, 0) is 14.8 Å². The number of carbonyl (C=O) groups is 1. The molecule has 0 spiro atoms. The summed E-state index contributed by atoms with van der Waals surface area (Å²) < 4.78 is 36.2. The fourth-order valence-corrected chi connectivity index (χ4v) is 2.87. The van der Waals surface area contributed by atoms with E-state index in [9.17, 15) is 13.2 Å². The van der Waals surface area contributed by atoms with Crippen molar-refractivity contribution in [3.63, 3.8) is 0 Å². The summed E-state index contributed by atoms with van der Waals surface area (Å²) in [4.78, 5) is 11.7. The molecule has 0 atom stereocenters. The third-order valence-corrected chi connectivity index (χ3v) is 4.40. The molecule has 1 heterocycles. The lowest BCUT2D eigenvalue weighted by Crippen LogP contribution is -2.31. The topological polar surface area (TPSA) is 111 Å². The summed E-state index contributed by atoms with van der Waals surface area (Å²) in [5, 5.41) is 6.12. The Kier molecular flexibility index (Phi) is 6.81. The molecule has 9 heteroatoms. The van der Waals surface area contributed by atoms with Gasteiger partial charge in [0, 0.05) is 19.0 Å². The predicted octanol–water partition coefficient (Wildman–Crippen LogP) is 1.70. The zero-order chi connectivity index (χ0) is 18.1. The van der Waals surface area contributed by atoms with Gasteiger partial charge in [-0.05, 0) is 25.5 Å². The molecular weight excluding hydrogens is 346 g/mol. The van der Waals surface area contributed by atoms with E-state index in [2.05, 4.69) is 15.2 Å². The first-order chi connectivity index (χ1) is 11.9. The number of nitrogens with one attached hydrogen (secondary N) is 2. The largest absolute Gasteiger partial charge is 0.494 e. The molecule has 0 unspecified atom stereocenters. The van der Waals surface area contributed by atoms with Crippen LogP contribution < -0.4 is 14.8 Å². The van der Waals surface area contributed by atoms with Crippen LogP contribution in [-0.4, -0.2) is 38.4 Å². The Balaban J connectivity index is 1.59. The number of rotatable bonds is 10. The lowest BCUT2D eigenvalue weighted by atomic mass is 10.3. The third kappa shape index (κ3) is 7.25. The van der Waals surface area contributed by atoms with Crippen molar-refractivity contribution in [2.75, 3.05) is 23.6 Å².